The van der Waals surface area contributed by atoms with Gasteiger partial charge in [-0.3, -0.25) is 4.79 Å². The summed E-state index contributed by atoms with van der Waals surface area (Å²) in [7, 11) is 1.59. The van der Waals surface area contributed by atoms with Gasteiger partial charge < -0.3 is 14.8 Å². The van der Waals surface area contributed by atoms with Crippen molar-refractivity contribution in [2.45, 2.75) is 0 Å². The Morgan fingerprint density at radius 1 is 1.25 bits per heavy atom. The van der Waals surface area contributed by atoms with Crippen molar-refractivity contribution in [1.82, 2.24) is 5.32 Å². The monoisotopic (exact) mass is 432 g/mol. The standard InChI is InChI=1S/C20H14Cl2N2O3S/c1-3-8-27-18-15(21)9-12(10-16(18)22)11-17-19(25)24-20(28-17)23-13-4-6-14(26-2)7-5-13/h1,4-7,9-11H,8H2,2H3,(H,23,24,25)/b17-11+. The summed E-state index contributed by atoms with van der Waals surface area (Å²) in [5.74, 6) is 3.15. The van der Waals surface area contributed by atoms with E-state index in [9.17, 15) is 4.79 Å². The first kappa shape index (κ1) is 20.2. The third kappa shape index (κ3) is 4.82. The second-order valence-electron chi connectivity index (χ2n) is 5.49. The van der Waals surface area contributed by atoms with Gasteiger partial charge in [0.2, 0.25) is 0 Å². The third-order valence-electron chi connectivity index (χ3n) is 3.57. The van der Waals surface area contributed by atoms with Crippen molar-refractivity contribution in [3.8, 4) is 23.8 Å². The van der Waals surface area contributed by atoms with Crippen LogP contribution in [0.5, 0.6) is 11.5 Å². The Morgan fingerprint density at radius 2 is 1.93 bits per heavy atom. The van der Waals surface area contributed by atoms with Crippen molar-refractivity contribution in [1.29, 1.82) is 0 Å². The fourth-order valence-corrected chi connectivity index (χ4v) is 3.78. The van der Waals surface area contributed by atoms with Gasteiger partial charge in [-0.2, -0.15) is 0 Å². The molecule has 1 saturated heterocycles. The predicted molar refractivity (Wildman–Crippen MR) is 115 cm³/mol. The van der Waals surface area contributed by atoms with E-state index in [-0.39, 0.29) is 12.5 Å². The van der Waals surface area contributed by atoms with Crippen molar-refractivity contribution < 1.29 is 14.3 Å². The quantitative estimate of drug-likeness (QED) is 0.538. The number of thioether (sulfide) groups is 1. The molecule has 142 valence electrons. The van der Waals surface area contributed by atoms with Crippen LogP contribution in [0.3, 0.4) is 0 Å². The highest BCUT2D eigenvalue weighted by atomic mass is 35.5. The zero-order chi connectivity index (χ0) is 20.1. The molecule has 2 aromatic carbocycles. The SMILES string of the molecule is C#CCOc1c(Cl)cc(/C=C2/SC(=Nc3ccc(OC)cc3)NC2=O)cc1Cl. The Kier molecular flexibility index (Phi) is 6.53. The number of methoxy groups -OCH3 is 1. The van der Waals surface area contributed by atoms with Crippen LogP contribution in [0.25, 0.3) is 6.08 Å². The van der Waals surface area contributed by atoms with Crippen LogP contribution >= 0.6 is 35.0 Å². The highest BCUT2D eigenvalue weighted by Gasteiger charge is 2.24. The van der Waals surface area contributed by atoms with Gasteiger partial charge in [-0.25, -0.2) is 4.99 Å². The molecular weight excluding hydrogens is 419 g/mol. The molecule has 0 radical (unpaired) electrons. The zero-order valence-corrected chi connectivity index (χ0v) is 17.0. The molecule has 0 bridgehead atoms. The van der Waals surface area contributed by atoms with Crippen molar-refractivity contribution in [2.75, 3.05) is 13.7 Å². The van der Waals surface area contributed by atoms with Gasteiger partial charge in [0.05, 0.1) is 27.7 Å². The molecule has 8 heteroatoms. The summed E-state index contributed by atoms with van der Waals surface area (Å²) >= 11 is 13.6. The van der Waals surface area contributed by atoms with Crippen molar-refractivity contribution in [3.05, 3.63) is 56.9 Å². The molecule has 1 aliphatic rings. The Labute approximate surface area is 176 Å². The number of rotatable bonds is 5. The van der Waals surface area contributed by atoms with Crippen LogP contribution < -0.4 is 14.8 Å². The normalized spacial score (nSPS) is 16.1. The van der Waals surface area contributed by atoms with E-state index in [2.05, 4.69) is 16.2 Å². The lowest BCUT2D eigenvalue weighted by Crippen LogP contribution is -2.19. The summed E-state index contributed by atoms with van der Waals surface area (Å²) in [5, 5.41) is 3.83. The first-order chi connectivity index (χ1) is 13.5. The summed E-state index contributed by atoms with van der Waals surface area (Å²) in [6.07, 6.45) is 6.86. The van der Waals surface area contributed by atoms with E-state index >= 15 is 0 Å². The minimum Gasteiger partial charge on any atom is -0.497 e. The van der Waals surface area contributed by atoms with Crippen LogP contribution in [0.2, 0.25) is 10.0 Å². The predicted octanol–water partition coefficient (Wildman–Crippen LogP) is 4.91. The molecule has 0 unspecified atom stereocenters. The summed E-state index contributed by atoms with van der Waals surface area (Å²) in [6.45, 7) is 0.0588. The number of carbonyl (C=O) groups excluding carboxylic acids is 1. The first-order valence-corrected chi connectivity index (χ1v) is 9.56. The lowest BCUT2D eigenvalue weighted by molar-refractivity contribution is -0.115. The average molecular weight is 433 g/mol. The second-order valence-corrected chi connectivity index (χ2v) is 7.33. The van der Waals surface area contributed by atoms with Crippen LogP contribution in [-0.4, -0.2) is 24.8 Å². The molecule has 28 heavy (non-hydrogen) atoms. The molecule has 0 aliphatic carbocycles. The van der Waals surface area contributed by atoms with E-state index in [0.29, 0.717) is 37.1 Å². The van der Waals surface area contributed by atoms with E-state index in [0.717, 1.165) is 5.75 Å². The Hall–Kier alpha value is -2.59. The van der Waals surface area contributed by atoms with Crippen LogP contribution in [0, 0.1) is 12.3 Å². The lowest BCUT2D eigenvalue weighted by Gasteiger charge is -2.08. The number of amidine groups is 1. The van der Waals surface area contributed by atoms with Gasteiger partial charge in [-0.1, -0.05) is 29.1 Å². The molecular formula is C20H14Cl2N2O3S. The maximum absolute atomic E-state index is 12.2. The number of halogens is 2. The third-order valence-corrected chi connectivity index (χ3v) is 5.04. The summed E-state index contributed by atoms with van der Waals surface area (Å²) in [6, 6.07) is 10.5. The van der Waals surface area contributed by atoms with Crippen molar-refractivity contribution in [3.63, 3.8) is 0 Å². The Bertz CT molecular complexity index is 988. The number of nitrogens with zero attached hydrogens (tertiary/aromatic N) is 1. The summed E-state index contributed by atoms with van der Waals surface area (Å²) in [5.41, 5.74) is 1.36. The molecule has 1 fully saturated rings. The summed E-state index contributed by atoms with van der Waals surface area (Å²) < 4.78 is 10.4. The van der Waals surface area contributed by atoms with E-state index in [1.807, 2.05) is 0 Å². The molecule has 0 atom stereocenters. The Morgan fingerprint density at radius 3 is 2.54 bits per heavy atom. The van der Waals surface area contributed by atoms with Gasteiger partial charge in [0, 0.05) is 0 Å². The molecule has 0 spiro atoms. The lowest BCUT2D eigenvalue weighted by atomic mass is 10.2. The number of nitrogens with one attached hydrogen (secondary N) is 1. The number of terminal acetylenes is 1. The molecule has 3 rings (SSSR count). The minimum absolute atomic E-state index is 0.0588. The highest BCUT2D eigenvalue weighted by Crippen LogP contribution is 2.36. The number of aliphatic imine (C=N–C) groups is 1. The van der Waals surface area contributed by atoms with Gasteiger partial charge in [-0.05, 0) is 59.8 Å². The average Bonchev–Trinajstić information content (AvgIpc) is 3.00. The highest BCUT2D eigenvalue weighted by molar-refractivity contribution is 8.18. The Balaban J connectivity index is 1.80. The van der Waals surface area contributed by atoms with Crippen LogP contribution in [0.4, 0.5) is 5.69 Å². The van der Waals surface area contributed by atoms with Gasteiger partial charge in [0.25, 0.3) is 5.91 Å². The number of benzene rings is 2. The molecule has 2 aromatic rings. The topological polar surface area (TPSA) is 59.9 Å². The molecule has 1 aliphatic heterocycles. The molecule has 0 aromatic heterocycles. The number of hydrogen-bond donors (Lipinski definition) is 1. The number of carbonyl (C=O) groups is 1. The number of hydrogen-bond acceptors (Lipinski definition) is 5. The molecule has 0 saturated carbocycles. The summed E-state index contributed by atoms with van der Waals surface area (Å²) in [4.78, 5) is 17.1. The van der Waals surface area contributed by atoms with E-state index in [4.69, 9.17) is 39.1 Å². The molecule has 1 N–H and O–H groups in total. The largest absolute Gasteiger partial charge is 0.497 e. The minimum atomic E-state index is -0.253. The zero-order valence-electron chi connectivity index (χ0n) is 14.7. The van der Waals surface area contributed by atoms with Gasteiger partial charge in [0.15, 0.2) is 10.9 Å². The van der Waals surface area contributed by atoms with Crippen LogP contribution in [0.1, 0.15) is 5.56 Å². The van der Waals surface area contributed by atoms with E-state index < -0.39 is 0 Å². The second kappa shape index (κ2) is 9.07. The maximum atomic E-state index is 12.2. The van der Waals surface area contributed by atoms with Crippen molar-refractivity contribution >= 4 is 57.8 Å². The fourth-order valence-electron chi connectivity index (χ4n) is 2.32. The van der Waals surface area contributed by atoms with Crippen LogP contribution in [-0.2, 0) is 4.79 Å². The van der Waals surface area contributed by atoms with E-state index in [1.165, 1.54) is 11.8 Å². The fraction of sp³-hybridized carbons (Fsp3) is 0.100. The van der Waals surface area contributed by atoms with Crippen LogP contribution in [0.15, 0.2) is 46.3 Å². The molecule has 5 nitrogen and oxygen atoms in total. The molecule has 1 amide bonds. The molecule has 1 heterocycles. The van der Waals surface area contributed by atoms with Gasteiger partial charge in [-0.15, -0.1) is 6.42 Å². The maximum Gasteiger partial charge on any atom is 0.264 e. The van der Waals surface area contributed by atoms with E-state index in [1.54, 1.807) is 49.6 Å². The van der Waals surface area contributed by atoms with Gasteiger partial charge in [0.1, 0.15) is 12.4 Å². The van der Waals surface area contributed by atoms with Crippen molar-refractivity contribution in [2.24, 2.45) is 4.99 Å². The number of ether oxygens (including phenoxy) is 2. The smallest absolute Gasteiger partial charge is 0.264 e. The van der Waals surface area contributed by atoms with Gasteiger partial charge >= 0.3 is 0 Å². The first-order valence-electron chi connectivity index (χ1n) is 7.99. The number of amides is 1.